The van der Waals surface area contributed by atoms with Gasteiger partial charge in [-0.2, -0.15) is 13.2 Å². The van der Waals surface area contributed by atoms with Gasteiger partial charge in [-0.25, -0.2) is 0 Å². The van der Waals surface area contributed by atoms with Crippen LogP contribution in [-0.4, -0.2) is 85.2 Å². The summed E-state index contributed by atoms with van der Waals surface area (Å²) in [6, 6.07) is 9.22. The fourth-order valence-electron chi connectivity index (χ4n) is 4.09. The van der Waals surface area contributed by atoms with Gasteiger partial charge in [0.05, 0.1) is 6.42 Å². The number of likely N-dealkylation sites (tertiary alicyclic amines) is 1. The molecule has 5 nitrogen and oxygen atoms in total. The van der Waals surface area contributed by atoms with Crippen molar-refractivity contribution in [3.05, 3.63) is 30.3 Å². The molecule has 0 N–H and O–H groups in total. The van der Waals surface area contributed by atoms with Gasteiger partial charge in [0.1, 0.15) is 5.75 Å². The number of carbonyl (C=O) groups is 1. The second-order valence-corrected chi connectivity index (χ2v) is 7.77. The molecule has 8 heteroatoms. The maximum Gasteiger partial charge on any atom is 0.390 e. The van der Waals surface area contributed by atoms with Gasteiger partial charge in [-0.1, -0.05) is 18.2 Å². The number of halogens is 3. The molecule has 2 saturated heterocycles. The van der Waals surface area contributed by atoms with Crippen molar-refractivity contribution in [2.24, 2.45) is 0 Å². The second-order valence-electron chi connectivity index (χ2n) is 7.77. The summed E-state index contributed by atoms with van der Waals surface area (Å²) >= 11 is 0. The van der Waals surface area contributed by atoms with Gasteiger partial charge in [-0.15, -0.1) is 0 Å². The Hall–Kier alpha value is -1.80. The van der Waals surface area contributed by atoms with Gasteiger partial charge in [0.2, 0.25) is 0 Å². The highest BCUT2D eigenvalue weighted by Gasteiger charge is 2.43. The van der Waals surface area contributed by atoms with Crippen molar-refractivity contribution in [1.29, 1.82) is 0 Å². The molecule has 2 heterocycles. The number of hydrogen-bond donors (Lipinski definition) is 0. The molecule has 0 aliphatic carbocycles. The minimum absolute atomic E-state index is 0.00452. The molecule has 2 fully saturated rings. The molecule has 0 aromatic heterocycles. The number of benzene rings is 1. The number of ether oxygens (including phenoxy) is 1. The van der Waals surface area contributed by atoms with Crippen LogP contribution in [0.15, 0.2) is 30.3 Å². The molecule has 2 aliphatic heterocycles. The summed E-state index contributed by atoms with van der Waals surface area (Å²) in [5.74, 6) is 0.614. The first kappa shape index (κ1) is 20.9. The molecule has 0 bridgehead atoms. The fraction of sp³-hybridized carbons (Fsp3) is 0.650. The van der Waals surface area contributed by atoms with Crippen LogP contribution < -0.4 is 4.74 Å². The van der Waals surface area contributed by atoms with E-state index in [-0.39, 0.29) is 24.6 Å². The average molecular weight is 399 g/mol. The Balaban J connectivity index is 1.50. The first-order valence-corrected chi connectivity index (χ1v) is 9.73. The van der Waals surface area contributed by atoms with Gasteiger partial charge in [0, 0.05) is 44.8 Å². The maximum absolute atomic E-state index is 12.6. The molecule has 1 aromatic rings. The number of para-hydroxylation sites is 1. The third-order valence-corrected chi connectivity index (χ3v) is 5.94. The number of rotatable bonds is 5. The Kier molecular flexibility index (Phi) is 6.50. The van der Waals surface area contributed by atoms with Crippen LogP contribution in [0.3, 0.4) is 0 Å². The number of hydrogen-bond acceptors (Lipinski definition) is 4. The van der Waals surface area contributed by atoms with E-state index in [4.69, 9.17) is 4.74 Å². The molecule has 1 aromatic carbocycles. The van der Waals surface area contributed by atoms with Crippen LogP contribution in [0.25, 0.3) is 0 Å². The van der Waals surface area contributed by atoms with Crippen LogP contribution in [-0.2, 0) is 4.79 Å². The van der Waals surface area contributed by atoms with Gasteiger partial charge >= 0.3 is 6.18 Å². The zero-order valence-corrected chi connectivity index (χ0v) is 16.2. The molecule has 1 amide bonds. The van der Waals surface area contributed by atoms with E-state index in [2.05, 4.69) is 4.90 Å². The second kappa shape index (κ2) is 8.69. The van der Waals surface area contributed by atoms with Crippen LogP contribution in [0.5, 0.6) is 5.75 Å². The van der Waals surface area contributed by atoms with Crippen molar-refractivity contribution in [2.75, 3.05) is 52.9 Å². The third kappa shape index (κ3) is 5.38. The molecule has 0 atom stereocenters. The normalized spacial score (nSPS) is 21.1. The standard InChI is InChI=1S/C20H28F3N3O2/c1-24-13-14-25(10-9-20(21,22)23)16-19(24)7-11-26(12-8-19)18(27)15-28-17-5-3-2-4-6-17/h2-6H,7-16H2,1H3. The molecular formula is C20H28F3N3O2. The van der Waals surface area contributed by atoms with Gasteiger partial charge in [-0.3, -0.25) is 14.6 Å². The van der Waals surface area contributed by atoms with Crippen LogP contribution in [0.2, 0.25) is 0 Å². The highest BCUT2D eigenvalue weighted by Crippen LogP contribution is 2.32. The molecule has 2 aliphatic rings. The van der Waals surface area contributed by atoms with E-state index in [0.717, 1.165) is 19.4 Å². The number of amides is 1. The van der Waals surface area contributed by atoms with E-state index < -0.39 is 12.6 Å². The highest BCUT2D eigenvalue weighted by atomic mass is 19.4. The highest BCUT2D eigenvalue weighted by molar-refractivity contribution is 5.77. The van der Waals surface area contributed by atoms with Gasteiger partial charge in [0.25, 0.3) is 5.91 Å². The molecule has 1 spiro atoms. The number of nitrogens with zero attached hydrogens (tertiary/aromatic N) is 3. The Morgan fingerprint density at radius 3 is 2.43 bits per heavy atom. The summed E-state index contributed by atoms with van der Waals surface area (Å²) in [6.07, 6.45) is -3.36. The zero-order chi connectivity index (χ0) is 20.2. The molecular weight excluding hydrogens is 371 g/mol. The quantitative estimate of drug-likeness (QED) is 0.763. The summed E-state index contributed by atoms with van der Waals surface area (Å²) in [5, 5.41) is 0. The average Bonchev–Trinajstić information content (AvgIpc) is 2.68. The largest absolute Gasteiger partial charge is 0.484 e. The molecule has 0 unspecified atom stereocenters. The van der Waals surface area contributed by atoms with E-state index in [1.807, 2.05) is 42.3 Å². The van der Waals surface area contributed by atoms with Crippen LogP contribution >= 0.6 is 0 Å². The van der Waals surface area contributed by atoms with Crippen molar-refractivity contribution in [3.8, 4) is 5.75 Å². The molecule has 3 rings (SSSR count). The van der Waals surface area contributed by atoms with Crippen molar-refractivity contribution in [2.45, 2.75) is 31.0 Å². The Morgan fingerprint density at radius 1 is 1.11 bits per heavy atom. The third-order valence-electron chi connectivity index (χ3n) is 5.94. The Morgan fingerprint density at radius 2 is 1.79 bits per heavy atom. The minimum Gasteiger partial charge on any atom is -0.484 e. The molecule has 0 radical (unpaired) electrons. The van der Waals surface area contributed by atoms with Crippen molar-refractivity contribution in [1.82, 2.24) is 14.7 Å². The minimum atomic E-state index is -4.12. The van der Waals surface area contributed by atoms with Gasteiger partial charge < -0.3 is 9.64 Å². The predicted molar refractivity (Wildman–Crippen MR) is 100 cm³/mol. The lowest BCUT2D eigenvalue weighted by Crippen LogP contribution is -2.65. The molecule has 156 valence electrons. The Bertz CT molecular complexity index is 646. The van der Waals surface area contributed by atoms with E-state index in [9.17, 15) is 18.0 Å². The number of likely N-dealkylation sites (N-methyl/N-ethyl adjacent to an activating group) is 1. The number of piperidine rings is 1. The summed E-state index contributed by atoms with van der Waals surface area (Å²) in [5.41, 5.74) is -0.152. The number of carbonyl (C=O) groups excluding carboxylic acids is 1. The van der Waals surface area contributed by atoms with Crippen molar-refractivity contribution in [3.63, 3.8) is 0 Å². The summed E-state index contributed by atoms with van der Waals surface area (Å²) < 4.78 is 43.2. The topological polar surface area (TPSA) is 36.0 Å². The van der Waals surface area contributed by atoms with Gasteiger partial charge in [-0.05, 0) is 32.0 Å². The zero-order valence-electron chi connectivity index (χ0n) is 16.2. The SMILES string of the molecule is CN1CCN(CCC(F)(F)F)CC12CCN(C(=O)COc1ccccc1)CC2. The maximum atomic E-state index is 12.6. The first-order chi connectivity index (χ1) is 13.3. The predicted octanol–water partition coefficient (Wildman–Crippen LogP) is 2.63. The van der Waals surface area contributed by atoms with Crippen molar-refractivity contribution >= 4 is 5.91 Å². The van der Waals surface area contributed by atoms with E-state index in [1.54, 1.807) is 4.90 Å². The molecule has 28 heavy (non-hydrogen) atoms. The molecule has 0 saturated carbocycles. The number of piperazine rings is 1. The van der Waals surface area contributed by atoms with Crippen molar-refractivity contribution < 1.29 is 22.7 Å². The van der Waals surface area contributed by atoms with E-state index in [0.29, 0.717) is 31.9 Å². The first-order valence-electron chi connectivity index (χ1n) is 9.73. The van der Waals surface area contributed by atoms with E-state index in [1.165, 1.54) is 0 Å². The Labute approximate surface area is 164 Å². The fourth-order valence-corrected chi connectivity index (χ4v) is 4.09. The summed E-state index contributed by atoms with van der Waals surface area (Å²) in [7, 11) is 2.04. The smallest absolute Gasteiger partial charge is 0.390 e. The summed E-state index contributed by atoms with van der Waals surface area (Å²) in [6.45, 7) is 3.30. The lowest BCUT2D eigenvalue weighted by molar-refractivity contribution is -0.144. The van der Waals surface area contributed by atoms with Crippen LogP contribution in [0.1, 0.15) is 19.3 Å². The van der Waals surface area contributed by atoms with Crippen LogP contribution in [0, 0.1) is 0 Å². The van der Waals surface area contributed by atoms with E-state index >= 15 is 0 Å². The van der Waals surface area contributed by atoms with Crippen LogP contribution in [0.4, 0.5) is 13.2 Å². The number of alkyl halides is 3. The lowest BCUT2D eigenvalue weighted by atomic mass is 9.83. The van der Waals surface area contributed by atoms with Gasteiger partial charge in [0.15, 0.2) is 6.61 Å². The summed E-state index contributed by atoms with van der Waals surface area (Å²) in [4.78, 5) is 18.4. The lowest BCUT2D eigenvalue weighted by Gasteiger charge is -2.53. The monoisotopic (exact) mass is 399 g/mol.